The highest BCUT2D eigenvalue weighted by Gasteiger charge is 2.17. The van der Waals surface area contributed by atoms with Crippen LogP contribution in [0.4, 0.5) is 5.69 Å². The molecule has 1 aromatic rings. The van der Waals surface area contributed by atoms with Gasteiger partial charge in [0.15, 0.2) is 6.54 Å². The molecule has 3 nitrogen and oxygen atoms in total. The summed E-state index contributed by atoms with van der Waals surface area (Å²) in [6.07, 6.45) is 6.29. The molecule has 5 heteroatoms. The zero-order valence-electron chi connectivity index (χ0n) is 11.6. The van der Waals surface area contributed by atoms with Crippen molar-refractivity contribution >= 4 is 34.8 Å². The Labute approximate surface area is 130 Å². The van der Waals surface area contributed by atoms with Crippen LogP contribution in [-0.2, 0) is 4.79 Å². The fraction of sp³-hybridized carbons (Fsp3) is 0.533. The Kier molecular flexibility index (Phi) is 6.14. The molecule has 20 heavy (non-hydrogen) atoms. The summed E-state index contributed by atoms with van der Waals surface area (Å²) in [6, 6.07) is 5.22. The van der Waals surface area contributed by atoms with E-state index in [1.165, 1.54) is 37.0 Å². The van der Waals surface area contributed by atoms with E-state index < -0.39 is 0 Å². The lowest BCUT2D eigenvalue weighted by molar-refractivity contribution is -0.892. The maximum atomic E-state index is 12.1. The lowest BCUT2D eigenvalue weighted by atomic mass is 10.1. The molecule has 1 aromatic carbocycles. The van der Waals surface area contributed by atoms with E-state index in [1.54, 1.807) is 18.2 Å². The first-order chi connectivity index (χ1) is 9.66. The van der Waals surface area contributed by atoms with Crippen LogP contribution in [0.2, 0.25) is 10.0 Å². The molecule has 2 N–H and O–H groups in total. The Morgan fingerprint density at radius 3 is 2.20 bits per heavy atom. The van der Waals surface area contributed by atoms with Crippen molar-refractivity contribution in [2.24, 2.45) is 0 Å². The zero-order valence-corrected chi connectivity index (χ0v) is 13.1. The van der Waals surface area contributed by atoms with Gasteiger partial charge in [-0.1, -0.05) is 35.7 Å². The molecule has 0 unspecified atom stereocenters. The third-order valence-corrected chi connectivity index (χ3v) is 4.33. The van der Waals surface area contributed by atoms with Crippen LogP contribution in [0.25, 0.3) is 0 Å². The van der Waals surface area contributed by atoms with E-state index >= 15 is 0 Å². The van der Waals surface area contributed by atoms with Crippen molar-refractivity contribution in [3.63, 3.8) is 0 Å². The van der Waals surface area contributed by atoms with Gasteiger partial charge < -0.3 is 10.2 Å². The topological polar surface area (TPSA) is 33.5 Å². The molecule has 1 saturated heterocycles. The minimum absolute atomic E-state index is 0.0180. The van der Waals surface area contributed by atoms with Crippen LogP contribution in [0.1, 0.15) is 32.1 Å². The first-order valence-corrected chi connectivity index (χ1v) is 8.00. The molecule has 0 radical (unpaired) electrons. The number of benzene rings is 1. The predicted molar refractivity (Wildman–Crippen MR) is 83.7 cm³/mol. The van der Waals surface area contributed by atoms with E-state index in [0.717, 1.165) is 13.1 Å². The highest BCUT2D eigenvalue weighted by molar-refractivity contribution is 6.39. The SMILES string of the molecule is O=C(C[NH+]1CCCCCCC1)Nc1c(Cl)cccc1Cl. The minimum atomic E-state index is -0.0180. The molecule has 1 fully saturated rings. The second-order valence-corrected chi connectivity index (χ2v) is 6.15. The predicted octanol–water partition coefficient (Wildman–Crippen LogP) is 2.78. The van der Waals surface area contributed by atoms with Gasteiger partial charge in [0.2, 0.25) is 0 Å². The van der Waals surface area contributed by atoms with E-state index in [1.807, 2.05) is 0 Å². The van der Waals surface area contributed by atoms with Crippen LogP contribution in [0.15, 0.2) is 18.2 Å². The maximum Gasteiger partial charge on any atom is 0.279 e. The number of nitrogens with one attached hydrogen (secondary N) is 2. The van der Waals surface area contributed by atoms with Gasteiger partial charge in [0.1, 0.15) is 0 Å². The van der Waals surface area contributed by atoms with Crippen LogP contribution >= 0.6 is 23.2 Å². The van der Waals surface area contributed by atoms with Crippen molar-refractivity contribution in [1.82, 2.24) is 0 Å². The van der Waals surface area contributed by atoms with Crippen LogP contribution in [0.3, 0.4) is 0 Å². The molecular formula is C15H21Cl2N2O+. The summed E-state index contributed by atoms with van der Waals surface area (Å²) in [6.45, 7) is 2.63. The summed E-state index contributed by atoms with van der Waals surface area (Å²) >= 11 is 12.1. The van der Waals surface area contributed by atoms with Crippen molar-refractivity contribution in [3.05, 3.63) is 28.2 Å². The third kappa shape index (κ3) is 4.65. The van der Waals surface area contributed by atoms with Crippen molar-refractivity contribution in [2.45, 2.75) is 32.1 Å². The van der Waals surface area contributed by atoms with Crippen molar-refractivity contribution < 1.29 is 9.69 Å². The number of para-hydroxylation sites is 1. The van der Waals surface area contributed by atoms with Crippen LogP contribution in [0, 0.1) is 0 Å². The second kappa shape index (κ2) is 7.87. The molecule has 2 rings (SSSR count). The quantitative estimate of drug-likeness (QED) is 0.883. The molecule has 0 aromatic heterocycles. The Bertz CT molecular complexity index is 437. The fourth-order valence-corrected chi connectivity index (χ4v) is 3.10. The van der Waals surface area contributed by atoms with E-state index in [9.17, 15) is 4.79 Å². The van der Waals surface area contributed by atoms with Gasteiger partial charge >= 0.3 is 0 Å². The van der Waals surface area contributed by atoms with Crippen molar-refractivity contribution in [3.8, 4) is 0 Å². The number of amides is 1. The second-order valence-electron chi connectivity index (χ2n) is 5.34. The molecule has 110 valence electrons. The molecule has 0 saturated carbocycles. The third-order valence-electron chi connectivity index (χ3n) is 3.70. The van der Waals surface area contributed by atoms with Gasteiger partial charge in [0.25, 0.3) is 5.91 Å². The van der Waals surface area contributed by atoms with E-state index in [-0.39, 0.29) is 5.91 Å². The standard InChI is InChI=1S/C15H20Cl2N2O/c16-12-7-6-8-13(17)15(12)18-14(20)11-19-9-4-2-1-3-5-10-19/h6-8H,1-5,9-11H2,(H,18,20)/p+1. The van der Waals surface area contributed by atoms with E-state index in [4.69, 9.17) is 23.2 Å². The number of hydrogen-bond acceptors (Lipinski definition) is 1. The zero-order chi connectivity index (χ0) is 14.4. The Morgan fingerprint density at radius 2 is 1.60 bits per heavy atom. The molecule has 0 aliphatic carbocycles. The van der Waals surface area contributed by atoms with Gasteiger partial charge in [-0.2, -0.15) is 0 Å². The minimum Gasteiger partial charge on any atom is -0.327 e. The molecule has 0 spiro atoms. The van der Waals surface area contributed by atoms with Gasteiger partial charge in [-0.15, -0.1) is 0 Å². The molecule has 0 atom stereocenters. The summed E-state index contributed by atoms with van der Waals surface area (Å²) in [7, 11) is 0. The van der Waals surface area contributed by atoms with Crippen LogP contribution in [-0.4, -0.2) is 25.5 Å². The number of anilines is 1. The van der Waals surface area contributed by atoms with Crippen molar-refractivity contribution in [2.75, 3.05) is 25.0 Å². The van der Waals surface area contributed by atoms with Gasteiger partial charge in [-0.05, 0) is 37.8 Å². The number of hydrogen-bond donors (Lipinski definition) is 2. The molecular weight excluding hydrogens is 295 g/mol. The van der Waals surface area contributed by atoms with E-state index in [2.05, 4.69) is 5.32 Å². The number of carbonyl (C=O) groups excluding carboxylic acids is 1. The number of carbonyl (C=O) groups is 1. The summed E-state index contributed by atoms with van der Waals surface area (Å²) in [4.78, 5) is 13.5. The average Bonchev–Trinajstić information content (AvgIpc) is 2.37. The normalized spacial score (nSPS) is 17.3. The number of rotatable bonds is 3. The first kappa shape index (κ1) is 15.6. The van der Waals surface area contributed by atoms with Crippen LogP contribution in [0.5, 0.6) is 0 Å². The van der Waals surface area contributed by atoms with Gasteiger partial charge in [0.05, 0.1) is 28.8 Å². The fourth-order valence-electron chi connectivity index (χ4n) is 2.61. The lowest BCUT2D eigenvalue weighted by Crippen LogP contribution is -3.13. The number of quaternary nitrogens is 1. The molecule has 1 aliphatic rings. The number of halogens is 2. The summed E-state index contributed by atoms with van der Waals surface area (Å²) in [5.74, 6) is -0.0180. The lowest BCUT2D eigenvalue weighted by Gasteiger charge is -2.21. The maximum absolute atomic E-state index is 12.1. The van der Waals surface area contributed by atoms with Crippen molar-refractivity contribution in [1.29, 1.82) is 0 Å². The Balaban J connectivity index is 1.91. The smallest absolute Gasteiger partial charge is 0.279 e. The van der Waals surface area contributed by atoms with Gasteiger partial charge in [0, 0.05) is 0 Å². The Hall–Kier alpha value is -0.770. The Morgan fingerprint density at radius 1 is 1.05 bits per heavy atom. The molecule has 0 bridgehead atoms. The monoisotopic (exact) mass is 315 g/mol. The molecule has 1 amide bonds. The highest BCUT2D eigenvalue weighted by atomic mass is 35.5. The molecule has 1 heterocycles. The highest BCUT2D eigenvalue weighted by Crippen LogP contribution is 2.29. The summed E-state index contributed by atoms with van der Waals surface area (Å²) in [5.41, 5.74) is 0.521. The van der Waals surface area contributed by atoms with Crippen LogP contribution < -0.4 is 10.2 Å². The average molecular weight is 316 g/mol. The first-order valence-electron chi connectivity index (χ1n) is 7.24. The summed E-state index contributed by atoms with van der Waals surface area (Å²) < 4.78 is 0. The largest absolute Gasteiger partial charge is 0.327 e. The van der Waals surface area contributed by atoms with E-state index in [0.29, 0.717) is 22.3 Å². The summed E-state index contributed by atoms with van der Waals surface area (Å²) in [5, 5.41) is 3.80. The van der Waals surface area contributed by atoms with Gasteiger partial charge in [-0.25, -0.2) is 0 Å². The number of likely N-dealkylation sites (tertiary alicyclic amines) is 1. The van der Waals surface area contributed by atoms with Gasteiger partial charge in [-0.3, -0.25) is 4.79 Å². The molecule has 1 aliphatic heterocycles.